The van der Waals surface area contributed by atoms with Gasteiger partial charge in [-0.15, -0.1) is 5.10 Å². The van der Waals surface area contributed by atoms with Gasteiger partial charge in [-0.3, -0.25) is 9.48 Å². The molecule has 0 atom stereocenters. The third-order valence-corrected chi connectivity index (χ3v) is 2.99. The molecule has 0 aliphatic heterocycles. The fourth-order valence-corrected chi connectivity index (χ4v) is 1.99. The summed E-state index contributed by atoms with van der Waals surface area (Å²) in [5, 5.41) is 7.72. The molecule has 2 aromatic rings. The number of halogens is 1. The molecule has 1 aromatic heterocycles. The van der Waals surface area contributed by atoms with Crippen molar-refractivity contribution in [3.05, 3.63) is 45.7 Å². The maximum atomic E-state index is 12.1. The number of carbonyl (C=O) groups is 1. The number of aryl methyl sites for hydroxylation is 2. The van der Waals surface area contributed by atoms with Gasteiger partial charge in [0, 0.05) is 23.3 Å². The molecule has 1 aromatic carbocycles. The van der Waals surface area contributed by atoms with Gasteiger partial charge in [0.25, 0.3) is 0 Å². The van der Waals surface area contributed by atoms with Gasteiger partial charge in [0.2, 0.25) is 0 Å². The van der Waals surface area contributed by atoms with Crippen LogP contribution in [-0.2, 0) is 13.5 Å². The van der Waals surface area contributed by atoms with Crippen LogP contribution in [0.25, 0.3) is 0 Å². The third-order valence-electron chi connectivity index (χ3n) is 2.49. The highest BCUT2D eigenvalue weighted by molar-refractivity contribution is 9.10. The maximum absolute atomic E-state index is 12.1. The van der Waals surface area contributed by atoms with E-state index in [4.69, 9.17) is 0 Å². The second-order valence-electron chi connectivity index (χ2n) is 3.94. The molecule has 17 heavy (non-hydrogen) atoms. The SMILES string of the molecule is Cc1ccc(Br)cc1C(=O)Cc1cn(C)nn1. The summed E-state index contributed by atoms with van der Waals surface area (Å²) in [6, 6.07) is 5.69. The van der Waals surface area contributed by atoms with Crippen LogP contribution >= 0.6 is 15.9 Å². The average molecular weight is 294 g/mol. The lowest BCUT2D eigenvalue weighted by Crippen LogP contribution is -2.06. The maximum Gasteiger partial charge on any atom is 0.169 e. The lowest BCUT2D eigenvalue weighted by molar-refractivity contribution is 0.0991. The summed E-state index contributed by atoms with van der Waals surface area (Å²) in [5.41, 5.74) is 2.39. The molecular formula is C12H12BrN3O. The summed E-state index contributed by atoms with van der Waals surface area (Å²) in [4.78, 5) is 12.1. The highest BCUT2D eigenvalue weighted by Gasteiger charge is 2.12. The Morgan fingerprint density at radius 2 is 2.24 bits per heavy atom. The molecule has 5 heteroatoms. The van der Waals surface area contributed by atoms with E-state index < -0.39 is 0 Å². The van der Waals surface area contributed by atoms with Gasteiger partial charge in [-0.05, 0) is 24.6 Å². The normalized spacial score (nSPS) is 10.5. The van der Waals surface area contributed by atoms with Gasteiger partial charge in [0.15, 0.2) is 5.78 Å². The molecule has 2 rings (SSSR count). The second kappa shape index (κ2) is 4.79. The minimum Gasteiger partial charge on any atom is -0.294 e. The highest BCUT2D eigenvalue weighted by Crippen LogP contribution is 2.17. The number of rotatable bonds is 3. The topological polar surface area (TPSA) is 47.8 Å². The van der Waals surface area contributed by atoms with E-state index >= 15 is 0 Å². The van der Waals surface area contributed by atoms with Crippen LogP contribution in [0.3, 0.4) is 0 Å². The molecule has 0 radical (unpaired) electrons. The van der Waals surface area contributed by atoms with Crippen molar-refractivity contribution in [2.45, 2.75) is 13.3 Å². The molecule has 0 amide bonds. The Hall–Kier alpha value is -1.49. The lowest BCUT2D eigenvalue weighted by Gasteiger charge is -2.04. The number of nitrogens with zero attached hydrogens (tertiary/aromatic N) is 3. The summed E-state index contributed by atoms with van der Waals surface area (Å²) >= 11 is 3.37. The van der Waals surface area contributed by atoms with Crippen molar-refractivity contribution in [2.24, 2.45) is 7.05 Å². The van der Waals surface area contributed by atoms with Crippen LogP contribution in [0.2, 0.25) is 0 Å². The number of hydrogen-bond donors (Lipinski definition) is 0. The number of carbonyl (C=O) groups excluding carboxylic acids is 1. The predicted octanol–water partition coefficient (Wildman–Crippen LogP) is 2.31. The molecule has 0 saturated carbocycles. The summed E-state index contributed by atoms with van der Waals surface area (Å²) in [6.07, 6.45) is 2.04. The minimum atomic E-state index is 0.0595. The fourth-order valence-electron chi connectivity index (χ4n) is 1.63. The van der Waals surface area contributed by atoms with Crippen molar-refractivity contribution in [3.63, 3.8) is 0 Å². The first-order valence-electron chi connectivity index (χ1n) is 5.21. The van der Waals surface area contributed by atoms with Crippen molar-refractivity contribution in [2.75, 3.05) is 0 Å². The van der Waals surface area contributed by atoms with Gasteiger partial charge in [-0.1, -0.05) is 27.2 Å². The van der Waals surface area contributed by atoms with Crippen LogP contribution in [-0.4, -0.2) is 20.8 Å². The van der Waals surface area contributed by atoms with Crippen molar-refractivity contribution in [1.82, 2.24) is 15.0 Å². The van der Waals surface area contributed by atoms with E-state index in [1.807, 2.05) is 25.1 Å². The van der Waals surface area contributed by atoms with E-state index in [0.29, 0.717) is 5.69 Å². The van der Waals surface area contributed by atoms with E-state index in [9.17, 15) is 4.79 Å². The molecule has 0 aliphatic carbocycles. The first-order valence-corrected chi connectivity index (χ1v) is 6.00. The Labute approximate surface area is 108 Å². The predicted molar refractivity (Wildman–Crippen MR) is 67.9 cm³/mol. The molecule has 1 heterocycles. The van der Waals surface area contributed by atoms with Crippen LogP contribution in [0.15, 0.2) is 28.9 Å². The first kappa shape index (κ1) is 12.0. The van der Waals surface area contributed by atoms with Crippen LogP contribution < -0.4 is 0 Å². The van der Waals surface area contributed by atoms with Crippen molar-refractivity contribution in [1.29, 1.82) is 0 Å². The monoisotopic (exact) mass is 293 g/mol. The summed E-state index contributed by atoms with van der Waals surface area (Å²) < 4.78 is 2.50. The molecule has 4 nitrogen and oxygen atoms in total. The van der Waals surface area contributed by atoms with Crippen LogP contribution in [0.4, 0.5) is 0 Å². The van der Waals surface area contributed by atoms with Gasteiger partial charge < -0.3 is 0 Å². The minimum absolute atomic E-state index is 0.0595. The smallest absolute Gasteiger partial charge is 0.169 e. The highest BCUT2D eigenvalue weighted by atomic mass is 79.9. The molecular weight excluding hydrogens is 282 g/mol. The summed E-state index contributed by atoms with van der Waals surface area (Å²) in [5.74, 6) is 0.0595. The largest absolute Gasteiger partial charge is 0.294 e. The van der Waals surface area contributed by atoms with Gasteiger partial charge in [0.1, 0.15) is 0 Å². The fraction of sp³-hybridized carbons (Fsp3) is 0.250. The Bertz CT molecular complexity index is 563. The Morgan fingerprint density at radius 1 is 1.47 bits per heavy atom. The summed E-state index contributed by atoms with van der Waals surface area (Å²) in [6.45, 7) is 1.93. The number of benzene rings is 1. The molecule has 88 valence electrons. The molecule has 0 bridgehead atoms. The Kier molecular flexibility index (Phi) is 3.38. The summed E-state index contributed by atoms with van der Waals surface area (Å²) in [7, 11) is 1.78. The average Bonchev–Trinajstić information content (AvgIpc) is 2.67. The van der Waals surface area contributed by atoms with Crippen molar-refractivity contribution >= 4 is 21.7 Å². The molecule has 0 fully saturated rings. The Morgan fingerprint density at radius 3 is 2.88 bits per heavy atom. The van der Waals surface area contributed by atoms with Gasteiger partial charge in [-0.25, -0.2) is 0 Å². The van der Waals surface area contributed by atoms with Gasteiger partial charge in [-0.2, -0.15) is 0 Å². The molecule has 0 spiro atoms. The van der Waals surface area contributed by atoms with E-state index in [1.165, 1.54) is 0 Å². The number of Topliss-reactive ketones (excluding diaryl/α,β-unsaturated/α-hetero) is 1. The van der Waals surface area contributed by atoms with Gasteiger partial charge >= 0.3 is 0 Å². The van der Waals surface area contributed by atoms with Crippen LogP contribution in [0, 0.1) is 6.92 Å². The molecule has 0 aliphatic rings. The quantitative estimate of drug-likeness (QED) is 0.816. The van der Waals surface area contributed by atoms with Crippen molar-refractivity contribution in [3.8, 4) is 0 Å². The number of aromatic nitrogens is 3. The zero-order chi connectivity index (χ0) is 12.4. The van der Waals surface area contributed by atoms with Crippen molar-refractivity contribution < 1.29 is 4.79 Å². The molecule has 0 saturated heterocycles. The third kappa shape index (κ3) is 2.79. The molecule has 0 N–H and O–H groups in total. The lowest BCUT2D eigenvalue weighted by atomic mass is 10.0. The van der Waals surface area contributed by atoms with Crippen LogP contribution in [0.5, 0.6) is 0 Å². The van der Waals surface area contributed by atoms with Crippen LogP contribution in [0.1, 0.15) is 21.6 Å². The van der Waals surface area contributed by atoms with Gasteiger partial charge in [0.05, 0.1) is 12.1 Å². The van der Waals surface area contributed by atoms with E-state index in [1.54, 1.807) is 17.9 Å². The number of ketones is 1. The molecule has 0 unspecified atom stereocenters. The van der Waals surface area contributed by atoms with E-state index in [2.05, 4.69) is 26.2 Å². The standard InChI is InChI=1S/C12H12BrN3O/c1-8-3-4-9(13)5-11(8)12(17)6-10-7-16(2)15-14-10/h3-5,7H,6H2,1-2H3. The van der Waals surface area contributed by atoms with E-state index in [-0.39, 0.29) is 12.2 Å². The first-order chi connectivity index (χ1) is 8.06. The number of hydrogen-bond acceptors (Lipinski definition) is 3. The second-order valence-corrected chi connectivity index (χ2v) is 4.86. The zero-order valence-electron chi connectivity index (χ0n) is 9.64. The Balaban J connectivity index is 2.22. The van der Waals surface area contributed by atoms with E-state index in [0.717, 1.165) is 15.6 Å². The zero-order valence-corrected chi connectivity index (χ0v) is 11.2.